The molecule has 7 heteroatoms. The van der Waals surface area contributed by atoms with E-state index in [4.69, 9.17) is 4.74 Å². The van der Waals surface area contributed by atoms with Crippen LogP contribution in [-0.4, -0.2) is 53.1 Å². The molecule has 150 valence electrons. The molecule has 2 aromatic rings. The Hall–Kier alpha value is -2.67. The van der Waals surface area contributed by atoms with E-state index in [9.17, 15) is 9.59 Å². The summed E-state index contributed by atoms with van der Waals surface area (Å²) in [6.45, 7) is 4.63. The fourth-order valence-electron chi connectivity index (χ4n) is 3.51. The van der Waals surface area contributed by atoms with Gasteiger partial charge in [-0.25, -0.2) is 4.98 Å². The Labute approximate surface area is 165 Å². The van der Waals surface area contributed by atoms with Crippen molar-refractivity contribution in [2.45, 2.75) is 39.3 Å². The summed E-state index contributed by atoms with van der Waals surface area (Å²) < 4.78 is 6.90. The van der Waals surface area contributed by atoms with Crippen molar-refractivity contribution in [3.05, 3.63) is 53.1 Å². The molecule has 0 saturated carbocycles. The lowest BCUT2D eigenvalue weighted by Crippen LogP contribution is -2.31. The van der Waals surface area contributed by atoms with Crippen LogP contribution in [0.4, 0.5) is 0 Å². The molecule has 7 nitrogen and oxygen atoms in total. The van der Waals surface area contributed by atoms with E-state index in [1.807, 2.05) is 41.8 Å². The van der Waals surface area contributed by atoms with Crippen LogP contribution in [0.15, 0.2) is 30.3 Å². The summed E-state index contributed by atoms with van der Waals surface area (Å²) in [7, 11) is 1.59. The summed E-state index contributed by atoms with van der Waals surface area (Å²) in [5.74, 6) is -0.0526. The summed E-state index contributed by atoms with van der Waals surface area (Å²) in [6, 6.07) is 9.91. The smallest absolute Gasteiger partial charge is 0.287 e. The fourth-order valence-corrected chi connectivity index (χ4v) is 3.51. The number of nitrogens with zero attached hydrogens (tertiary/aromatic N) is 3. The summed E-state index contributed by atoms with van der Waals surface area (Å²) in [6.07, 6.45) is 2.75. The Morgan fingerprint density at radius 2 is 2.04 bits per heavy atom. The molecular weight excluding hydrogens is 356 g/mol. The number of carbonyl (C=O) groups excluding carboxylic acids is 2. The number of hydrogen-bond acceptors (Lipinski definition) is 4. The second-order valence-electron chi connectivity index (χ2n) is 6.89. The van der Waals surface area contributed by atoms with Crippen molar-refractivity contribution in [2.24, 2.45) is 0 Å². The van der Waals surface area contributed by atoms with Crippen LogP contribution in [0.3, 0.4) is 0 Å². The minimum atomic E-state index is -0.259. The van der Waals surface area contributed by atoms with E-state index >= 15 is 0 Å². The van der Waals surface area contributed by atoms with Crippen LogP contribution < -0.4 is 5.32 Å². The number of imidazole rings is 1. The molecular formula is C21H28N4O3. The molecule has 0 bridgehead atoms. The van der Waals surface area contributed by atoms with Crippen LogP contribution in [0.2, 0.25) is 0 Å². The van der Waals surface area contributed by atoms with Crippen molar-refractivity contribution in [3.63, 3.8) is 0 Å². The predicted molar refractivity (Wildman–Crippen MR) is 106 cm³/mol. The molecule has 1 aromatic carbocycles. The lowest BCUT2D eigenvalue weighted by atomic mass is 10.1. The van der Waals surface area contributed by atoms with Crippen molar-refractivity contribution < 1.29 is 14.3 Å². The largest absolute Gasteiger partial charge is 0.383 e. The van der Waals surface area contributed by atoms with Gasteiger partial charge in [-0.3, -0.25) is 9.59 Å². The number of carbonyl (C=O) groups is 2. The highest BCUT2D eigenvalue weighted by atomic mass is 16.5. The van der Waals surface area contributed by atoms with Gasteiger partial charge in [-0.2, -0.15) is 0 Å². The maximum atomic E-state index is 13.2. The molecule has 0 saturated heterocycles. The first kappa shape index (κ1) is 20.1. The molecule has 0 spiro atoms. The normalized spacial score (nSPS) is 13.1. The van der Waals surface area contributed by atoms with Crippen molar-refractivity contribution in [3.8, 4) is 0 Å². The van der Waals surface area contributed by atoms with Gasteiger partial charge in [0.05, 0.1) is 12.3 Å². The van der Waals surface area contributed by atoms with Crippen LogP contribution in [-0.2, 0) is 24.2 Å². The van der Waals surface area contributed by atoms with Crippen LogP contribution in [0.25, 0.3) is 0 Å². The number of aromatic nitrogens is 2. The molecule has 0 fully saturated rings. The highest BCUT2D eigenvalue weighted by Gasteiger charge is 2.29. The first-order valence-corrected chi connectivity index (χ1v) is 9.85. The SMILES string of the molecule is CCN(Cc1ccccc1)C(=O)c1nc(C(=O)NCCOC)n2c1CCCC2. The fraction of sp³-hybridized carbons (Fsp3) is 0.476. The van der Waals surface area contributed by atoms with Gasteiger partial charge in [0, 0.05) is 33.3 Å². The molecule has 1 aromatic heterocycles. The van der Waals surface area contributed by atoms with Crippen molar-refractivity contribution in [1.82, 2.24) is 19.8 Å². The van der Waals surface area contributed by atoms with Gasteiger partial charge in [0.2, 0.25) is 0 Å². The second kappa shape index (κ2) is 9.50. The summed E-state index contributed by atoms with van der Waals surface area (Å²) in [5.41, 5.74) is 2.36. The molecule has 1 N–H and O–H groups in total. The monoisotopic (exact) mass is 384 g/mol. The third-order valence-corrected chi connectivity index (χ3v) is 5.00. The third-order valence-electron chi connectivity index (χ3n) is 5.00. The molecule has 2 amide bonds. The molecule has 28 heavy (non-hydrogen) atoms. The molecule has 1 aliphatic rings. The molecule has 2 heterocycles. The Balaban J connectivity index is 1.85. The number of nitrogens with one attached hydrogen (secondary N) is 1. The summed E-state index contributed by atoms with van der Waals surface area (Å²) in [5, 5.41) is 2.81. The number of amides is 2. The van der Waals surface area contributed by atoms with Gasteiger partial charge in [0.25, 0.3) is 11.8 Å². The first-order chi connectivity index (χ1) is 13.7. The predicted octanol–water partition coefficient (Wildman–Crippen LogP) is 2.26. The van der Waals surface area contributed by atoms with E-state index in [-0.39, 0.29) is 11.8 Å². The van der Waals surface area contributed by atoms with E-state index in [0.29, 0.717) is 44.3 Å². The van der Waals surface area contributed by atoms with Gasteiger partial charge in [0.15, 0.2) is 5.82 Å². The number of methoxy groups -OCH3 is 1. The number of benzene rings is 1. The molecule has 1 aliphatic heterocycles. The highest BCUT2D eigenvalue weighted by molar-refractivity contribution is 5.97. The van der Waals surface area contributed by atoms with Gasteiger partial charge in [-0.1, -0.05) is 30.3 Å². The topological polar surface area (TPSA) is 76.5 Å². The molecule has 3 rings (SSSR count). The van der Waals surface area contributed by atoms with Crippen molar-refractivity contribution >= 4 is 11.8 Å². The Kier molecular flexibility index (Phi) is 6.81. The van der Waals surface area contributed by atoms with Crippen LogP contribution in [0.5, 0.6) is 0 Å². The Morgan fingerprint density at radius 1 is 1.25 bits per heavy atom. The molecule has 0 aliphatic carbocycles. The Morgan fingerprint density at radius 3 is 2.75 bits per heavy atom. The van der Waals surface area contributed by atoms with E-state index in [0.717, 1.165) is 30.5 Å². The van der Waals surface area contributed by atoms with E-state index in [1.165, 1.54) is 0 Å². The average molecular weight is 384 g/mol. The zero-order valence-corrected chi connectivity index (χ0v) is 16.6. The first-order valence-electron chi connectivity index (χ1n) is 9.85. The van der Waals surface area contributed by atoms with Crippen LogP contribution >= 0.6 is 0 Å². The third kappa shape index (κ3) is 4.42. The summed E-state index contributed by atoms with van der Waals surface area (Å²) in [4.78, 5) is 32.1. The lowest BCUT2D eigenvalue weighted by Gasteiger charge is -2.22. The minimum Gasteiger partial charge on any atom is -0.383 e. The molecule has 0 atom stereocenters. The maximum absolute atomic E-state index is 13.2. The van der Waals surface area contributed by atoms with Gasteiger partial charge in [-0.15, -0.1) is 0 Å². The number of ether oxygens (including phenoxy) is 1. The highest BCUT2D eigenvalue weighted by Crippen LogP contribution is 2.23. The Bertz CT molecular complexity index is 817. The zero-order valence-electron chi connectivity index (χ0n) is 16.6. The number of hydrogen-bond donors (Lipinski definition) is 1. The quantitative estimate of drug-likeness (QED) is 0.709. The van der Waals surface area contributed by atoms with Gasteiger partial charge in [0.1, 0.15) is 5.69 Å². The summed E-state index contributed by atoms with van der Waals surface area (Å²) >= 11 is 0. The van der Waals surface area contributed by atoms with Crippen LogP contribution in [0, 0.1) is 0 Å². The standard InChI is InChI=1S/C21H28N4O3/c1-3-24(15-16-9-5-4-6-10-16)21(27)18-17-11-7-8-13-25(17)19(23-18)20(26)22-12-14-28-2/h4-6,9-10H,3,7-8,11-15H2,1-2H3,(H,22,26). The van der Waals surface area contributed by atoms with Crippen LogP contribution in [0.1, 0.15) is 52.1 Å². The van der Waals surface area contributed by atoms with E-state index in [2.05, 4.69) is 10.3 Å². The van der Waals surface area contributed by atoms with Crippen molar-refractivity contribution in [1.29, 1.82) is 0 Å². The lowest BCUT2D eigenvalue weighted by molar-refractivity contribution is 0.0745. The average Bonchev–Trinajstić information content (AvgIpc) is 3.12. The zero-order chi connectivity index (χ0) is 19.9. The minimum absolute atomic E-state index is 0.118. The second-order valence-corrected chi connectivity index (χ2v) is 6.89. The number of rotatable bonds is 8. The molecule has 0 radical (unpaired) electrons. The molecule has 0 unspecified atom stereocenters. The van der Waals surface area contributed by atoms with Crippen molar-refractivity contribution in [2.75, 3.05) is 26.8 Å². The van der Waals surface area contributed by atoms with E-state index in [1.54, 1.807) is 12.0 Å². The van der Waals surface area contributed by atoms with Gasteiger partial charge in [-0.05, 0) is 31.7 Å². The van der Waals surface area contributed by atoms with Gasteiger partial charge >= 0.3 is 0 Å². The number of fused-ring (bicyclic) bond motifs is 1. The maximum Gasteiger partial charge on any atom is 0.287 e. The van der Waals surface area contributed by atoms with Gasteiger partial charge < -0.3 is 19.5 Å². The van der Waals surface area contributed by atoms with E-state index < -0.39 is 0 Å².